The first-order valence-corrected chi connectivity index (χ1v) is 8.97. The standard InChI is InChI=1S/C6H15BrO3Si.C5H6N2O2/c1-8-11(9-2,10-3)6-4-5-7;8-5(9)3-7-2-1-6-4-7/h4-6H2,1-3H3;1-2,4H,3H2,(H,8,9). The molecule has 0 atom stereocenters. The Morgan fingerprint density at radius 3 is 2.30 bits per heavy atom. The van der Waals surface area contributed by atoms with Crippen LogP contribution in [0.25, 0.3) is 0 Å². The van der Waals surface area contributed by atoms with Gasteiger partial charge < -0.3 is 23.0 Å². The van der Waals surface area contributed by atoms with Crippen molar-refractivity contribution in [1.29, 1.82) is 0 Å². The molecule has 0 aliphatic rings. The maximum absolute atomic E-state index is 10.0. The first-order valence-electron chi connectivity index (χ1n) is 5.92. The third-order valence-electron chi connectivity index (χ3n) is 2.43. The van der Waals surface area contributed by atoms with Gasteiger partial charge in [0.2, 0.25) is 0 Å². The van der Waals surface area contributed by atoms with Gasteiger partial charge in [-0.2, -0.15) is 0 Å². The molecule has 9 heteroatoms. The molecular formula is C11H21BrN2O5Si. The van der Waals surface area contributed by atoms with Crippen molar-refractivity contribution in [3.8, 4) is 0 Å². The molecule has 1 aromatic rings. The summed E-state index contributed by atoms with van der Waals surface area (Å²) in [4.78, 5) is 13.7. The van der Waals surface area contributed by atoms with E-state index in [0.29, 0.717) is 0 Å². The third-order valence-corrected chi connectivity index (χ3v) is 5.82. The minimum absolute atomic E-state index is 0.0139. The van der Waals surface area contributed by atoms with E-state index in [9.17, 15) is 4.79 Å². The fourth-order valence-electron chi connectivity index (χ4n) is 1.38. The van der Waals surface area contributed by atoms with Gasteiger partial charge >= 0.3 is 14.8 Å². The summed E-state index contributed by atoms with van der Waals surface area (Å²) in [6, 6.07) is 0.863. The zero-order valence-corrected chi connectivity index (χ0v) is 14.5. The predicted molar refractivity (Wildman–Crippen MR) is 79.9 cm³/mol. The molecule has 0 bridgehead atoms. The molecule has 0 aliphatic heterocycles. The van der Waals surface area contributed by atoms with E-state index in [1.807, 2.05) is 0 Å². The van der Waals surface area contributed by atoms with Crippen molar-refractivity contribution in [3.63, 3.8) is 0 Å². The molecule has 7 nitrogen and oxygen atoms in total. The maximum Gasteiger partial charge on any atom is 0.500 e. The number of halogens is 1. The summed E-state index contributed by atoms with van der Waals surface area (Å²) in [6.07, 6.45) is 5.63. The van der Waals surface area contributed by atoms with Crippen LogP contribution in [0.3, 0.4) is 0 Å². The van der Waals surface area contributed by atoms with E-state index in [4.69, 9.17) is 18.4 Å². The highest BCUT2D eigenvalue weighted by molar-refractivity contribution is 9.09. The second kappa shape index (κ2) is 11.0. The number of hydrogen-bond acceptors (Lipinski definition) is 5. The number of hydrogen-bond donors (Lipinski definition) is 1. The van der Waals surface area contributed by atoms with Crippen molar-refractivity contribution < 1.29 is 23.2 Å². The highest BCUT2D eigenvalue weighted by Gasteiger charge is 2.36. The zero-order valence-electron chi connectivity index (χ0n) is 11.9. The lowest BCUT2D eigenvalue weighted by Gasteiger charge is -2.23. The largest absolute Gasteiger partial charge is 0.500 e. The summed E-state index contributed by atoms with van der Waals surface area (Å²) in [6.45, 7) is -0.0139. The Balaban J connectivity index is 0.000000367. The van der Waals surface area contributed by atoms with Gasteiger partial charge in [-0.25, -0.2) is 4.98 Å². The van der Waals surface area contributed by atoms with E-state index >= 15 is 0 Å². The summed E-state index contributed by atoms with van der Waals surface area (Å²) in [7, 11) is 2.63. The first-order chi connectivity index (χ1) is 9.53. The number of nitrogens with zero attached hydrogens (tertiary/aromatic N) is 2. The number of carboxylic acids is 1. The lowest BCUT2D eigenvalue weighted by Crippen LogP contribution is -2.42. The van der Waals surface area contributed by atoms with Crippen molar-refractivity contribution in [2.45, 2.75) is 19.0 Å². The molecule has 0 fully saturated rings. The van der Waals surface area contributed by atoms with Crippen molar-refractivity contribution in [3.05, 3.63) is 18.7 Å². The second-order valence-corrected chi connectivity index (χ2v) is 7.60. The molecule has 1 heterocycles. The number of aromatic nitrogens is 2. The average molecular weight is 369 g/mol. The van der Waals surface area contributed by atoms with Crippen LogP contribution in [0, 0.1) is 0 Å². The Morgan fingerprint density at radius 1 is 1.35 bits per heavy atom. The van der Waals surface area contributed by atoms with E-state index in [2.05, 4.69) is 20.9 Å². The molecule has 0 unspecified atom stereocenters. The van der Waals surface area contributed by atoms with Crippen molar-refractivity contribution in [2.24, 2.45) is 0 Å². The van der Waals surface area contributed by atoms with Crippen LogP contribution in [0.15, 0.2) is 18.7 Å². The van der Waals surface area contributed by atoms with Gasteiger partial charge in [0.05, 0.1) is 6.33 Å². The van der Waals surface area contributed by atoms with Gasteiger partial charge in [0.15, 0.2) is 0 Å². The number of imidazole rings is 1. The summed E-state index contributed by atoms with van der Waals surface area (Å²) in [5.41, 5.74) is 0. The van der Waals surface area contributed by atoms with Crippen LogP contribution in [0.2, 0.25) is 6.04 Å². The molecule has 0 aromatic carbocycles. The Labute approximate surface area is 128 Å². The summed E-state index contributed by atoms with van der Waals surface area (Å²) in [5.74, 6) is -0.854. The number of alkyl halides is 1. The van der Waals surface area contributed by atoms with Crippen LogP contribution in [-0.4, -0.2) is 56.1 Å². The maximum atomic E-state index is 10.0. The molecule has 0 radical (unpaired) electrons. The second-order valence-electron chi connectivity index (χ2n) is 3.72. The molecule has 0 aliphatic carbocycles. The van der Waals surface area contributed by atoms with Crippen LogP contribution < -0.4 is 0 Å². The van der Waals surface area contributed by atoms with Gasteiger partial charge in [-0.05, 0) is 6.42 Å². The third kappa shape index (κ3) is 7.75. The molecule has 20 heavy (non-hydrogen) atoms. The predicted octanol–water partition coefficient (Wildman–Crippen LogP) is 1.62. The number of carbonyl (C=O) groups is 1. The number of aliphatic carboxylic acids is 1. The SMILES string of the molecule is CO[Si](CCCBr)(OC)OC.O=C(O)Cn1ccnc1. The molecule has 0 amide bonds. The molecule has 116 valence electrons. The molecule has 0 saturated heterocycles. The van der Waals surface area contributed by atoms with E-state index in [-0.39, 0.29) is 6.54 Å². The van der Waals surface area contributed by atoms with Crippen molar-refractivity contribution in [2.75, 3.05) is 26.7 Å². The van der Waals surface area contributed by atoms with Gasteiger partial charge in [0.1, 0.15) is 6.54 Å². The van der Waals surface area contributed by atoms with E-state index < -0.39 is 14.8 Å². The Hall–Kier alpha value is -0.743. The number of rotatable bonds is 8. The topological polar surface area (TPSA) is 82.8 Å². The van der Waals surface area contributed by atoms with Gasteiger partial charge in [0.25, 0.3) is 0 Å². The average Bonchev–Trinajstić information content (AvgIpc) is 2.94. The highest BCUT2D eigenvalue weighted by atomic mass is 79.9. The molecule has 0 spiro atoms. The van der Waals surface area contributed by atoms with Gasteiger partial charge in [-0.15, -0.1) is 0 Å². The Kier molecular flexibility index (Phi) is 10.6. The lowest BCUT2D eigenvalue weighted by molar-refractivity contribution is -0.137. The minimum Gasteiger partial charge on any atom is -0.480 e. The molecule has 1 rings (SSSR count). The van der Waals surface area contributed by atoms with Crippen LogP contribution >= 0.6 is 15.9 Å². The van der Waals surface area contributed by atoms with Gasteiger partial charge in [-0.1, -0.05) is 15.9 Å². The van der Waals surface area contributed by atoms with Crippen LogP contribution in [-0.2, 0) is 24.6 Å². The minimum atomic E-state index is -2.27. The van der Waals surface area contributed by atoms with Crippen LogP contribution in [0.5, 0.6) is 0 Å². The monoisotopic (exact) mass is 368 g/mol. The van der Waals surface area contributed by atoms with Gasteiger partial charge in [0, 0.05) is 45.1 Å². The van der Waals surface area contributed by atoms with E-state index in [1.165, 1.54) is 10.9 Å². The first kappa shape index (κ1) is 19.3. The lowest BCUT2D eigenvalue weighted by atomic mass is 10.6. The zero-order chi connectivity index (χ0) is 15.4. The molecule has 1 aromatic heterocycles. The van der Waals surface area contributed by atoms with E-state index in [0.717, 1.165) is 17.8 Å². The van der Waals surface area contributed by atoms with Crippen LogP contribution in [0.4, 0.5) is 0 Å². The number of carboxylic acid groups (broad SMARTS) is 1. The summed E-state index contributed by atoms with van der Waals surface area (Å²) in [5, 5.41) is 9.19. The normalized spacial score (nSPS) is 10.8. The van der Waals surface area contributed by atoms with Crippen molar-refractivity contribution in [1.82, 2.24) is 9.55 Å². The molecule has 0 saturated carbocycles. The van der Waals surface area contributed by atoms with E-state index in [1.54, 1.807) is 33.7 Å². The van der Waals surface area contributed by atoms with Gasteiger partial charge in [-0.3, -0.25) is 4.79 Å². The Morgan fingerprint density at radius 2 is 1.95 bits per heavy atom. The summed E-state index contributed by atoms with van der Waals surface area (Å²) < 4.78 is 17.1. The van der Waals surface area contributed by atoms with Crippen LogP contribution in [0.1, 0.15) is 6.42 Å². The fourth-order valence-corrected chi connectivity index (χ4v) is 3.90. The Bertz CT molecular complexity index is 351. The smallest absolute Gasteiger partial charge is 0.480 e. The summed E-state index contributed by atoms with van der Waals surface area (Å²) >= 11 is 3.35. The van der Waals surface area contributed by atoms with Crippen molar-refractivity contribution >= 4 is 30.7 Å². The molecular weight excluding hydrogens is 348 g/mol. The molecule has 1 N–H and O–H groups in total. The fraction of sp³-hybridized carbons (Fsp3) is 0.636. The highest BCUT2D eigenvalue weighted by Crippen LogP contribution is 2.15. The quantitative estimate of drug-likeness (QED) is 0.554.